The van der Waals surface area contributed by atoms with Gasteiger partial charge in [-0.1, -0.05) is 62.2 Å². The maximum atomic E-state index is 11.3. The van der Waals surface area contributed by atoms with E-state index in [0.717, 1.165) is 12.8 Å². The molecule has 18 heavy (non-hydrogen) atoms. The number of rotatable bonds is 3. The largest absolute Gasteiger partial charge is 0.550 e. The predicted molar refractivity (Wildman–Crippen MR) is 76.8 cm³/mol. The number of hydrogen-bond donors (Lipinski definition) is 0. The van der Waals surface area contributed by atoms with E-state index in [0.29, 0.717) is 11.2 Å². The lowest BCUT2D eigenvalue weighted by Gasteiger charge is -2.37. The van der Waals surface area contributed by atoms with Crippen molar-refractivity contribution in [1.82, 2.24) is 0 Å². The minimum Gasteiger partial charge on any atom is -0.550 e. The van der Waals surface area contributed by atoms with Gasteiger partial charge in [-0.15, -0.1) is 0 Å². The molecule has 0 saturated heterocycles. The van der Waals surface area contributed by atoms with Crippen LogP contribution < -0.4 is 5.11 Å². The lowest BCUT2D eigenvalue weighted by Crippen LogP contribution is -2.43. The molecule has 1 aromatic rings. The molecule has 1 aromatic carbocycles. The van der Waals surface area contributed by atoms with Crippen LogP contribution in [0.25, 0.3) is 0 Å². The smallest absolute Gasteiger partial charge is 0.0448 e. The zero-order chi connectivity index (χ0) is 13.1. The van der Waals surface area contributed by atoms with Crippen LogP contribution in [0.1, 0.15) is 18.4 Å². The number of carbonyl (C=O) groups is 1. The Morgan fingerprint density at radius 3 is 2.39 bits per heavy atom. The van der Waals surface area contributed by atoms with Crippen LogP contribution in [-0.2, 0) is 11.2 Å². The molecule has 4 atom stereocenters. The van der Waals surface area contributed by atoms with Gasteiger partial charge in [0, 0.05) is 21.5 Å². The van der Waals surface area contributed by atoms with Gasteiger partial charge in [0.2, 0.25) is 0 Å². The monoisotopic (exact) mass is 373 g/mol. The Morgan fingerprint density at radius 2 is 1.78 bits per heavy atom. The van der Waals surface area contributed by atoms with Gasteiger partial charge >= 0.3 is 0 Å². The van der Waals surface area contributed by atoms with Gasteiger partial charge in [0.1, 0.15) is 0 Å². The van der Waals surface area contributed by atoms with E-state index in [1.165, 1.54) is 5.56 Å². The summed E-state index contributed by atoms with van der Waals surface area (Å²) < 4.78 is 0. The van der Waals surface area contributed by atoms with Gasteiger partial charge in [-0.05, 0) is 30.7 Å². The Kier molecular flexibility index (Phi) is 4.84. The van der Waals surface area contributed by atoms with E-state index in [1.807, 2.05) is 18.2 Å². The van der Waals surface area contributed by atoms with E-state index in [9.17, 15) is 9.90 Å². The van der Waals surface area contributed by atoms with Gasteiger partial charge < -0.3 is 9.90 Å². The molecule has 0 bridgehead atoms. The average molecular weight is 375 g/mol. The highest BCUT2D eigenvalue weighted by Gasteiger charge is 2.35. The second kappa shape index (κ2) is 6.20. The molecule has 98 valence electrons. The maximum absolute atomic E-state index is 11.3. The number of aliphatic carboxylic acids is 1. The third-order valence-electron chi connectivity index (χ3n) is 3.61. The van der Waals surface area contributed by atoms with Crippen molar-refractivity contribution in [2.75, 3.05) is 0 Å². The Bertz CT molecular complexity index is 408. The lowest BCUT2D eigenvalue weighted by molar-refractivity contribution is -0.314. The van der Waals surface area contributed by atoms with E-state index in [2.05, 4.69) is 44.0 Å². The average Bonchev–Trinajstić information content (AvgIpc) is 2.34. The number of benzene rings is 1. The topological polar surface area (TPSA) is 40.1 Å². The Morgan fingerprint density at radius 1 is 1.17 bits per heavy atom. The molecule has 1 fully saturated rings. The zero-order valence-electron chi connectivity index (χ0n) is 9.89. The molecular weight excluding hydrogens is 360 g/mol. The van der Waals surface area contributed by atoms with E-state index in [4.69, 9.17) is 0 Å². The Balaban J connectivity index is 2.11. The number of halogens is 2. The second-order valence-electron chi connectivity index (χ2n) is 4.88. The third kappa shape index (κ3) is 3.35. The lowest BCUT2D eigenvalue weighted by atomic mass is 9.76. The first-order valence-corrected chi connectivity index (χ1v) is 7.94. The van der Waals surface area contributed by atoms with Crippen LogP contribution in [0.3, 0.4) is 0 Å². The van der Waals surface area contributed by atoms with E-state index in [-0.39, 0.29) is 16.7 Å². The molecule has 0 amide bonds. The minimum absolute atomic E-state index is 0.149. The highest BCUT2D eigenvalue weighted by atomic mass is 79.9. The van der Waals surface area contributed by atoms with Gasteiger partial charge in [0.15, 0.2) is 0 Å². The molecule has 0 heterocycles. The van der Waals surface area contributed by atoms with E-state index in [1.54, 1.807) is 0 Å². The quantitative estimate of drug-likeness (QED) is 0.762. The predicted octanol–water partition coefficient (Wildman–Crippen LogP) is 2.53. The number of carboxylic acid groups (broad SMARTS) is 1. The molecule has 0 radical (unpaired) electrons. The third-order valence-corrected chi connectivity index (χ3v) is 6.35. The van der Waals surface area contributed by atoms with Crippen LogP contribution in [0.5, 0.6) is 0 Å². The van der Waals surface area contributed by atoms with Crippen molar-refractivity contribution in [1.29, 1.82) is 0 Å². The van der Waals surface area contributed by atoms with Gasteiger partial charge in [0.05, 0.1) is 0 Å². The van der Waals surface area contributed by atoms with Crippen LogP contribution in [0.4, 0.5) is 0 Å². The summed E-state index contributed by atoms with van der Waals surface area (Å²) in [7, 11) is 0. The van der Waals surface area contributed by atoms with Crippen LogP contribution in [-0.4, -0.2) is 15.6 Å². The van der Waals surface area contributed by atoms with Crippen LogP contribution in [0.15, 0.2) is 30.3 Å². The summed E-state index contributed by atoms with van der Waals surface area (Å²) in [6.07, 6.45) is 2.31. The fourth-order valence-corrected chi connectivity index (χ4v) is 3.93. The van der Waals surface area contributed by atoms with Gasteiger partial charge in [-0.2, -0.15) is 0 Å². The summed E-state index contributed by atoms with van der Waals surface area (Å²) in [6, 6.07) is 10.1. The molecule has 0 aliphatic heterocycles. The first-order valence-electron chi connectivity index (χ1n) is 6.11. The van der Waals surface area contributed by atoms with Gasteiger partial charge in [-0.25, -0.2) is 0 Å². The highest BCUT2D eigenvalue weighted by Crippen LogP contribution is 2.39. The van der Waals surface area contributed by atoms with Gasteiger partial charge in [0.25, 0.3) is 0 Å². The number of carboxylic acids is 1. The molecule has 4 heteroatoms. The standard InChI is InChI=1S/C14H16Br2O2/c15-12-7-10(6-9-4-2-1-3-5-9)11(14(17)18)8-13(12)16/h1-5,10-13H,6-8H2,(H,17,18)/p-1/t10-,11-,12+,13+/m0/s1. The fraction of sp³-hybridized carbons (Fsp3) is 0.500. The second-order valence-corrected chi connectivity index (χ2v) is 7.23. The molecular formula is C14H15Br2O2-. The maximum Gasteiger partial charge on any atom is 0.0448 e. The molecule has 2 rings (SSSR count). The van der Waals surface area contributed by atoms with Crippen molar-refractivity contribution in [2.45, 2.75) is 28.9 Å². The molecule has 2 nitrogen and oxygen atoms in total. The summed E-state index contributed by atoms with van der Waals surface area (Å²) in [5, 5.41) is 11.3. The van der Waals surface area contributed by atoms with Gasteiger partial charge in [-0.3, -0.25) is 0 Å². The van der Waals surface area contributed by atoms with Crippen molar-refractivity contribution in [3.8, 4) is 0 Å². The van der Waals surface area contributed by atoms with E-state index >= 15 is 0 Å². The molecule has 0 N–H and O–H groups in total. The highest BCUT2D eigenvalue weighted by molar-refractivity contribution is 9.12. The first-order chi connectivity index (χ1) is 8.58. The first kappa shape index (κ1) is 14.1. The van der Waals surface area contributed by atoms with Crippen molar-refractivity contribution >= 4 is 37.8 Å². The number of hydrogen-bond acceptors (Lipinski definition) is 2. The summed E-state index contributed by atoms with van der Waals surface area (Å²) >= 11 is 7.16. The normalized spacial score (nSPS) is 32.1. The molecule has 1 saturated carbocycles. The number of carbonyl (C=O) groups excluding carboxylic acids is 1. The summed E-state index contributed by atoms with van der Waals surface area (Å²) in [6.45, 7) is 0. The summed E-state index contributed by atoms with van der Waals surface area (Å²) in [5.74, 6) is -1.13. The SMILES string of the molecule is O=C([O-])[C@H]1C[C@@H](Br)[C@H](Br)C[C@@H]1Cc1ccccc1. The molecule has 0 unspecified atom stereocenters. The molecule has 1 aliphatic carbocycles. The summed E-state index contributed by atoms with van der Waals surface area (Å²) in [5.41, 5.74) is 1.20. The van der Waals surface area contributed by atoms with Crippen molar-refractivity contribution in [2.24, 2.45) is 11.8 Å². The van der Waals surface area contributed by atoms with Crippen LogP contribution in [0.2, 0.25) is 0 Å². The molecule has 1 aliphatic rings. The molecule has 0 aromatic heterocycles. The fourth-order valence-electron chi connectivity index (χ4n) is 2.61. The Hall–Kier alpha value is -0.350. The number of alkyl halides is 2. The van der Waals surface area contributed by atoms with Crippen molar-refractivity contribution in [3.63, 3.8) is 0 Å². The van der Waals surface area contributed by atoms with Crippen molar-refractivity contribution in [3.05, 3.63) is 35.9 Å². The summed E-state index contributed by atoms with van der Waals surface area (Å²) in [4.78, 5) is 11.8. The zero-order valence-corrected chi connectivity index (χ0v) is 13.1. The Labute approximate surface area is 124 Å². The van der Waals surface area contributed by atoms with Crippen molar-refractivity contribution < 1.29 is 9.90 Å². The molecule has 0 spiro atoms. The van der Waals surface area contributed by atoms with E-state index < -0.39 is 5.97 Å². The minimum atomic E-state index is -0.917. The van der Waals surface area contributed by atoms with Crippen LogP contribution in [0, 0.1) is 11.8 Å². The van der Waals surface area contributed by atoms with Crippen LogP contribution >= 0.6 is 31.9 Å².